The van der Waals surface area contributed by atoms with Gasteiger partial charge in [0.2, 0.25) is 5.16 Å². The van der Waals surface area contributed by atoms with E-state index in [-0.39, 0.29) is 0 Å². The van der Waals surface area contributed by atoms with E-state index in [0.29, 0.717) is 11.8 Å². The summed E-state index contributed by atoms with van der Waals surface area (Å²) in [4.78, 5) is 0. The molecule has 1 aliphatic carbocycles. The SMILES string of the molecule is CCC(C)(O)CSc1nnnn1C1CCCC1. The van der Waals surface area contributed by atoms with Crippen molar-refractivity contribution in [2.75, 3.05) is 5.75 Å². The van der Waals surface area contributed by atoms with Crippen LogP contribution in [0.3, 0.4) is 0 Å². The van der Waals surface area contributed by atoms with E-state index in [2.05, 4.69) is 15.5 Å². The number of tetrazole rings is 1. The lowest BCUT2D eigenvalue weighted by atomic mass is 10.1. The van der Waals surface area contributed by atoms with Crippen molar-refractivity contribution in [1.29, 1.82) is 0 Å². The van der Waals surface area contributed by atoms with Gasteiger partial charge in [-0.15, -0.1) is 5.10 Å². The van der Waals surface area contributed by atoms with Gasteiger partial charge >= 0.3 is 0 Å². The second kappa shape index (κ2) is 5.35. The summed E-state index contributed by atoms with van der Waals surface area (Å²) < 4.78 is 1.93. The van der Waals surface area contributed by atoms with Crippen LogP contribution in [0.2, 0.25) is 0 Å². The van der Waals surface area contributed by atoms with Crippen molar-refractivity contribution in [3.8, 4) is 0 Å². The second-order valence-electron chi connectivity index (χ2n) is 4.98. The molecule has 17 heavy (non-hydrogen) atoms. The summed E-state index contributed by atoms with van der Waals surface area (Å²) >= 11 is 1.55. The highest BCUT2D eigenvalue weighted by Gasteiger charge is 2.24. The summed E-state index contributed by atoms with van der Waals surface area (Å²) in [6.45, 7) is 3.84. The Morgan fingerprint density at radius 1 is 1.47 bits per heavy atom. The molecule has 1 aromatic rings. The third-order valence-corrected chi connectivity index (χ3v) is 4.70. The number of hydrogen-bond donors (Lipinski definition) is 1. The molecule has 2 rings (SSSR count). The minimum absolute atomic E-state index is 0.457. The lowest BCUT2D eigenvalue weighted by molar-refractivity contribution is 0.0815. The summed E-state index contributed by atoms with van der Waals surface area (Å²) in [7, 11) is 0. The van der Waals surface area contributed by atoms with Crippen molar-refractivity contribution >= 4 is 11.8 Å². The maximum atomic E-state index is 9.98. The Morgan fingerprint density at radius 3 is 2.82 bits per heavy atom. The highest BCUT2D eigenvalue weighted by molar-refractivity contribution is 7.99. The summed E-state index contributed by atoms with van der Waals surface area (Å²) in [6, 6.07) is 0.457. The van der Waals surface area contributed by atoms with Gasteiger partial charge in [0.1, 0.15) is 0 Å². The zero-order chi connectivity index (χ0) is 12.3. The van der Waals surface area contributed by atoms with Gasteiger partial charge in [0.05, 0.1) is 11.6 Å². The van der Waals surface area contributed by atoms with Crippen LogP contribution < -0.4 is 0 Å². The molecule has 1 saturated carbocycles. The minimum atomic E-state index is -0.642. The van der Waals surface area contributed by atoms with Crippen LogP contribution in [0.1, 0.15) is 52.0 Å². The normalized spacial score (nSPS) is 20.6. The van der Waals surface area contributed by atoms with Crippen LogP contribution in [0.15, 0.2) is 5.16 Å². The van der Waals surface area contributed by atoms with Crippen LogP contribution in [0, 0.1) is 0 Å². The van der Waals surface area contributed by atoms with E-state index in [4.69, 9.17) is 0 Å². The molecule has 5 nitrogen and oxygen atoms in total. The topological polar surface area (TPSA) is 63.8 Å². The molecule has 0 aromatic carbocycles. The van der Waals surface area contributed by atoms with Gasteiger partial charge in [-0.3, -0.25) is 0 Å². The standard InChI is InChI=1S/C11H20N4OS/c1-3-11(2,16)8-17-10-12-13-14-15(10)9-6-4-5-7-9/h9,16H,3-8H2,1-2H3. The van der Waals surface area contributed by atoms with E-state index >= 15 is 0 Å². The minimum Gasteiger partial charge on any atom is -0.389 e. The van der Waals surface area contributed by atoms with Crippen molar-refractivity contribution in [2.24, 2.45) is 0 Å². The molecule has 0 aliphatic heterocycles. The fraction of sp³-hybridized carbons (Fsp3) is 0.909. The Kier molecular flexibility index (Phi) is 4.04. The summed E-state index contributed by atoms with van der Waals surface area (Å²) in [5.41, 5.74) is -0.642. The van der Waals surface area contributed by atoms with E-state index in [1.807, 2.05) is 18.5 Å². The fourth-order valence-electron chi connectivity index (χ4n) is 1.98. The number of aliphatic hydroxyl groups is 1. The Bertz CT molecular complexity index is 360. The van der Waals surface area contributed by atoms with Gasteiger partial charge in [0, 0.05) is 5.75 Å². The molecule has 0 saturated heterocycles. The molecule has 1 aromatic heterocycles. The first-order valence-corrected chi connectivity index (χ1v) is 7.24. The summed E-state index contributed by atoms with van der Waals surface area (Å²) in [6.07, 6.45) is 5.61. The molecular formula is C11H20N4OS. The van der Waals surface area contributed by atoms with Crippen molar-refractivity contribution in [3.05, 3.63) is 0 Å². The third kappa shape index (κ3) is 3.19. The van der Waals surface area contributed by atoms with E-state index < -0.39 is 5.60 Å². The third-order valence-electron chi connectivity index (χ3n) is 3.41. The van der Waals surface area contributed by atoms with Crippen LogP contribution in [0.4, 0.5) is 0 Å². The van der Waals surface area contributed by atoms with E-state index in [1.165, 1.54) is 25.7 Å². The quantitative estimate of drug-likeness (QED) is 0.817. The first kappa shape index (κ1) is 12.8. The first-order chi connectivity index (χ1) is 8.12. The molecule has 6 heteroatoms. The Hall–Kier alpha value is -0.620. The fourth-order valence-corrected chi connectivity index (χ4v) is 3.04. The summed E-state index contributed by atoms with van der Waals surface area (Å²) in [5, 5.41) is 22.7. The van der Waals surface area contributed by atoms with Gasteiger partial charge in [0.25, 0.3) is 0 Å². The van der Waals surface area contributed by atoms with Crippen LogP contribution in [0.5, 0.6) is 0 Å². The lowest BCUT2D eigenvalue weighted by Crippen LogP contribution is -2.26. The lowest BCUT2D eigenvalue weighted by Gasteiger charge is -2.20. The molecule has 1 aliphatic rings. The molecule has 0 spiro atoms. The molecule has 1 atom stereocenters. The Morgan fingerprint density at radius 2 is 2.18 bits per heavy atom. The van der Waals surface area contributed by atoms with Crippen molar-refractivity contribution in [3.63, 3.8) is 0 Å². The zero-order valence-corrected chi connectivity index (χ0v) is 11.3. The number of thioether (sulfide) groups is 1. The van der Waals surface area contributed by atoms with Gasteiger partial charge < -0.3 is 5.11 Å². The largest absolute Gasteiger partial charge is 0.389 e. The molecule has 1 N–H and O–H groups in total. The average molecular weight is 256 g/mol. The van der Waals surface area contributed by atoms with Crippen LogP contribution in [-0.2, 0) is 0 Å². The average Bonchev–Trinajstić information content (AvgIpc) is 2.96. The second-order valence-corrected chi connectivity index (χ2v) is 5.93. The molecule has 0 bridgehead atoms. The number of aromatic nitrogens is 4. The van der Waals surface area contributed by atoms with Gasteiger partial charge in [-0.25, -0.2) is 4.68 Å². The maximum absolute atomic E-state index is 9.98. The highest BCUT2D eigenvalue weighted by Crippen LogP contribution is 2.32. The Labute approximate surface area is 106 Å². The van der Waals surface area contributed by atoms with Crippen molar-refractivity contribution < 1.29 is 5.11 Å². The monoisotopic (exact) mass is 256 g/mol. The van der Waals surface area contributed by atoms with Crippen LogP contribution in [-0.4, -0.2) is 36.7 Å². The number of rotatable bonds is 5. The van der Waals surface area contributed by atoms with Gasteiger partial charge in [-0.2, -0.15) is 0 Å². The highest BCUT2D eigenvalue weighted by atomic mass is 32.2. The predicted molar refractivity (Wildman–Crippen MR) is 67.0 cm³/mol. The predicted octanol–water partition coefficient (Wildman–Crippen LogP) is 2.04. The van der Waals surface area contributed by atoms with Gasteiger partial charge in [0.15, 0.2) is 0 Å². The van der Waals surface area contributed by atoms with E-state index in [9.17, 15) is 5.11 Å². The van der Waals surface area contributed by atoms with E-state index in [1.54, 1.807) is 11.8 Å². The van der Waals surface area contributed by atoms with Crippen LogP contribution >= 0.6 is 11.8 Å². The number of nitrogens with zero attached hydrogens (tertiary/aromatic N) is 4. The maximum Gasteiger partial charge on any atom is 0.209 e. The zero-order valence-electron chi connectivity index (χ0n) is 10.5. The van der Waals surface area contributed by atoms with Gasteiger partial charge in [-0.05, 0) is 36.6 Å². The van der Waals surface area contributed by atoms with Crippen LogP contribution in [0.25, 0.3) is 0 Å². The van der Waals surface area contributed by atoms with Gasteiger partial charge in [-0.1, -0.05) is 31.5 Å². The molecule has 0 radical (unpaired) electrons. The van der Waals surface area contributed by atoms with Crippen molar-refractivity contribution in [1.82, 2.24) is 20.2 Å². The molecule has 96 valence electrons. The molecular weight excluding hydrogens is 236 g/mol. The summed E-state index contributed by atoms with van der Waals surface area (Å²) in [5.74, 6) is 0.636. The number of hydrogen-bond acceptors (Lipinski definition) is 5. The molecule has 1 heterocycles. The molecule has 1 fully saturated rings. The first-order valence-electron chi connectivity index (χ1n) is 6.25. The van der Waals surface area contributed by atoms with E-state index in [0.717, 1.165) is 11.6 Å². The molecule has 0 amide bonds. The molecule has 1 unspecified atom stereocenters. The Balaban J connectivity index is 1.99. The smallest absolute Gasteiger partial charge is 0.209 e. The van der Waals surface area contributed by atoms with Crippen molar-refractivity contribution in [2.45, 2.75) is 62.8 Å².